The van der Waals surface area contributed by atoms with Gasteiger partial charge >= 0.3 is 0 Å². The number of halogens is 1. The van der Waals surface area contributed by atoms with Crippen LogP contribution in [-0.4, -0.2) is 5.24 Å². The maximum Gasteiger partial charge on any atom is 0.224 e. The summed E-state index contributed by atoms with van der Waals surface area (Å²) in [5.74, 6) is 0.0802. The van der Waals surface area contributed by atoms with Crippen molar-refractivity contribution in [1.82, 2.24) is 0 Å². The highest BCUT2D eigenvalue weighted by Gasteiger charge is 2.09. The van der Waals surface area contributed by atoms with Gasteiger partial charge in [-0.15, -0.1) is 0 Å². The van der Waals surface area contributed by atoms with Crippen LogP contribution in [0.5, 0.6) is 0 Å². The quantitative estimate of drug-likeness (QED) is 0.586. The second-order valence-electron chi connectivity index (χ2n) is 1.82. The van der Waals surface area contributed by atoms with Gasteiger partial charge in [-0.25, -0.2) is 0 Å². The highest BCUT2D eigenvalue weighted by Crippen LogP contribution is 2.10. The Bertz CT molecular complexity index is 77.3. The monoisotopic (exact) mass is 164 g/mol. The fraction of sp³-hybridized carbons (Fsp3) is 0.875. The molecule has 0 fully saturated rings. The van der Waals surface area contributed by atoms with Crippen molar-refractivity contribution in [2.24, 2.45) is 5.92 Å². The van der Waals surface area contributed by atoms with Gasteiger partial charge in [0.25, 0.3) is 0 Å². The molecule has 62 valence electrons. The molecule has 0 aliphatic heterocycles. The molecule has 0 saturated carbocycles. The third kappa shape index (κ3) is 6.09. The molecular weight excluding hydrogens is 148 g/mol. The van der Waals surface area contributed by atoms with E-state index in [-0.39, 0.29) is 11.2 Å². The molecule has 0 spiro atoms. The Morgan fingerprint density at radius 2 is 1.60 bits per heavy atom. The summed E-state index contributed by atoms with van der Waals surface area (Å²) in [7, 11) is 0. The van der Waals surface area contributed by atoms with Crippen molar-refractivity contribution in [1.29, 1.82) is 0 Å². The molecule has 1 nitrogen and oxygen atoms in total. The Balaban J connectivity index is 0. The maximum atomic E-state index is 10.4. The molecule has 0 aromatic carbocycles. The Labute approximate surface area is 68.8 Å². The Kier molecular flexibility index (Phi) is 11.3. The van der Waals surface area contributed by atoms with Crippen LogP contribution in [0.1, 0.15) is 40.5 Å². The number of rotatable bonds is 3. The number of hydrogen-bond donors (Lipinski definition) is 0. The summed E-state index contributed by atoms with van der Waals surface area (Å²) in [6.45, 7) is 7.93. The highest BCUT2D eigenvalue weighted by molar-refractivity contribution is 6.63. The molecule has 0 aliphatic carbocycles. The lowest BCUT2D eigenvalue weighted by atomic mass is 10.1. The Morgan fingerprint density at radius 3 is 1.60 bits per heavy atom. The van der Waals surface area contributed by atoms with Crippen LogP contribution >= 0.6 is 11.6 Å². The van der Waals surface area contributed by atoms with Crippen LogP contribution in [-0.2, 0) is 4.79 Å². The van der Waals surface area contributed by atoms with E-state index in [1.54, 1.807) is 0 Å². The molecule has 0 aliphatic rings. The third-order valence-corrected chi connectivity index (χ3v) is 1.62. The van der Waals surface area contributed by atoms with Crippen LogP contribution in [0.25, 0.3) is 0 Å². The largest absolute Gasteiger partial charge is 0.281 e. The van der Waals surface area contributed by atoms with Gasteiger partial charge < -0.3 is 0 Å². The molecule has 0 aromatic rings. The first-order valence-electron chi connectivity index (χ1n) is 3.91. The average molecular weight is 165 g/mol. The van der Waals surface area contributed by atoms with Gasteiger partial charge in [0.1, 0.15) is 0 Å². The predicted octanol–water partition coefficient (Wildman–Crippen LogP) is 3.21. The average Bonchev–Trinajstić information content (AvgIpc) is 1.94. The minimum atomic E-state index is -0.199. The van der Waals surface area contributed by atoms with Crippen LogP contribution < -0.4 is 0 Å². The van der Waals surface area contributed by atoms with E-state index in [2.05, 4.69) is 0 Å². The molecule has 0 saturated heterocycles. The molecule has 0 N–H and O–H groups in total. The number of carbonyl (C=O) groups is 1. The Morgan fingerprint density at radius 1 is 1.30 bits per heavy atom. The van der Waals surface area contributed by atoms with Crippen LogP contribution in [0.4, 0.5) is 0 Å². The molecule has 0 unspecified atom stereocenters. The van der Waals surface area contributed by atoms with Gasteiger partial charge in [0, 0.05) is 5.92 Å². The van der Waals surface area contributed by atoms with E-state index in [1.165, 1.54) is 0 Å². The smallest absolute Gasteiger partial charge is 0.224 e. The lowest BCUT2D eigenvalue weighted by Gasteiger charge is -2.02. The summed E-state index contributed by atoms with van der Waals surface area (Å²) in [4.78, 5) is 10.4. The van der Waals surface area contributed by atoms with Gasteiger partial charge in [0.2, 0.25) is 5.24 Å². The summed E-state index contributed by atoms with van der Waals surface area (Å²) in [5, 5.41) is -0.199. The van der Waals surface area contributed by atoms with Crippen molar-refractivity contribution in [3.63, 3.8) is 0 Å². The molecule has 0 rings (SSSR count). The summed E-state index contributed by atoms with van der Waals surface area (Å²) in [6, 6.07) is 0. The topological polar surface area (TPSA) is 17.1 Å². The summed E-state index contributed by atoms with van der Waals surface area (Å²) in [6.07, 6.45) is 1.72. The lowest BCUT2D eigenvalue weighted by Crippen LogP contribution is -2.04. The van der Waals surface area contributed by atoms with Crippen molar-refractivity contribution < 1.29 is 4.79 Å². The van der Waals surface area contributed by atoms with E-state index in [1.807, 2.05) is 27.7 Å². The van der Waals surface area contributed by atoms with E-state index in [0.717, 1.165) is 12.8 Å². The van der Waals surface area contributed by atoms with Crippen molar-refractivity contribution in [3.8, 4) is 0 Å². The SMILES string of the molecule is CC.CCC(CC)C(=O)Cl. The van der Waals surface area contributed by atoms with Crippen molar-refractivity contribution in [3.05, 3.63) is 0 Å². The van der Waals surface area contributed by atoms with Crippen molar-refractivity contribution in [2.45, 2.75) is 40.5 Å². The fourth-order valence-electron chi connectivity index (χ4n) is 0.610. The second-order valence-corrected chi connectivity index (χ2v) is 2.19. The highest BCUT2D eigenvalue weighted by atomic mass is 35.5. The summed E-state index contributed by atoms with van der Waals surface area (Å²) < 4.78 is 0. The van der Waals surface area contributed by atoms with Gasteiger partial charge in [-0.3, -0.25) is 4.79 Å². The second kappa shape index (κ2) is 8.96. The van der Waals surface area contributed by atoms with E-state index in [0.29, 0.717) is 0 Å². The normalized spacial score (nSPS) is 8.60. The van der Waals surface area contributed by atoms with E-state index < -0.39 is 0 Å². The zero-order chi connectivity index (χ0) is 8.57. The molecule has 0 aromatic heterocycles. The van der Waals surface area contributed by atoms with Crippen LogP contribution in [0.3, 0.4) is 0 Å². The van der Waals surface area contributed by atoms with E-state index in [9.17, 15) is 4.79 Å². The molecule has 2 heteroatoms. The predicted molar refractivity (Wildman–Crippen MR) is 46.3 cm³/mol. The lowest BCUT2D eigenvalue weighted by molar-refractivity contribution is -0.115. The maximum absolute atomic E-state index is 10.4. The van der Waals surface area contributed by atoms with Gasteiger partial charge in [-0.1, -0.05) is 27.7 Å². The minimum Gasteiger partial charge on any atom is -0.281 e. The molecule has 0 atom stereocenters. The fourth-order valence-corrected chi connectivity index (χ4v) is 0.918. The van der Waals surface area contributed by atoms with Crippen molar-refractivity contribution >= 4 is 16.8 Å². The standard InChI is InChI=1S/C6H11ClO.C2H6/c1-3-5(4-2)6(7)8;1-2/h5H,3-4H2,1-2H3;1-2H3. The molecule has 0 radical (unpaired) electrons. The van der Waals surface area contributed by atoms with E-state index >= 15 is 0 Å². The minimum absolute atomic E-state index is 0.0802. The van der Waals surface area contributed by atoms with Crippen LogP contribution in [0.15, 0.2) is 0 Å². The van der Waals surface area contributed by atoms with E-state index in [4.69, 9.17) is 11.6 Å². The van der Waals surface area contributed by atoms with Gasteiger partial charge in [0.15, 0.2) is 0 Å². The van der Waals surface area contributed by atoms with Crippen LogP contribution in [0, 0.1) is 5.92 Å². The molecule has 0 heterocycles. The zero-order valence-corrected chi connectivity index (χ0v) is 8.03. The first-order chi connectivity index (χ1) is 4.72. The molecular formula is C8H17ClO. The molecule has 0 bridgehead atoms. The summed E-state index contributed by atoms with van der Waals surface area (Å²) in [5.41, 5.74) is 0. The van der Waals surface area contributed by atoms with Gasteiger partial charge in [-0.2, -0.15) is 0 Å². The van der Waals surface area contributed by atoms with Gasteiger partial charge in [0.05, 0.1) is 0 Å². The first kappa shape index (κ1) is 12.6. The number of carbonyl (C=O) groups excluding carboxylic acids is 1. The Hall–Kier alpha value is -0.0400. The molecule has 10 heavy (non-hydrogen) atoms. The number of hydrogen-bond acceptors (Lipinski definition) is 1. The zero-order valence-electron chi connectivity index (χ0n) is 7.28. The van der Waals surface area contributed by atoms with Crippen molar-refractivity contribution in [2.75, 3.05) is 0 Å². The third-order valence-electron chi connectivity index (χ3n) is 1.31. The van der Waals surface area contributed by atoms with Crippen LogP contribution in [0.2, 0.25) is 0 Å². The first-order valence-corrected chi connectivity index (χ1v) is 4.29. The van der Waals surface area contributed by atoms with Gasteiger partial charge in [-0.05, 0) is 24.4 Å². The summed E-state index contributed by atoms with van der Waals surface area (Å²) >= 11 is 5.21. The molecule has 0 amide bonds.